The SMILES string of the molecule is N#Cc1c(N)sc2c(Cl)cnc(-c3c4c(c5cnc(N6CCC(O)C6)nc5c3F)COC4)c12. The van der Waals surface area contributed by atoms with Gasteiger partial charge in [-0.3, -0.25) is 4.98 Å². The predicted molar refractivity (Wildman–Crippen MR) is 124 cm³/mol. The lowest BCUT2D eigenvalue weighted by molar-refractivity contribution is 0.135. The van der Waals surface area contributed by atoms with Gasteiger partial charge in [-0.15, -0.1) is 11.3 Å². The summed E-state index contributed by atoms with van der Waals surface area (Å²) in [5, 5.41) is 21.2. The number of thiophene rings is 1. The molecule has 2 aliphatic rings. The van der Waals surface area contributed by atoms with Crippen molar-refractivity contribution in [3.8, 4) is 17.3 Å². The first-order chi connectivity index (χ1) is 16.0. The van der Waals surface area contributed by atoms with E-state index in [-0.39, 0.29) is 35.6 Å². The normalized spacial score (nSPS) is 17.8. The van der Waals surface area contributed by atoms with Gasteiger partial charge in [0.2, 0.25) is 5.95 Å². The lowest BCUT2D eigenvalue weighted by Gasteiger charge is -2.18. The summed E-state index contributed by atoms with van der Waals surface area (Å²) in [4.78, 5) is 15.2. The smallest absolute Gasteiger partial charge is 0.226 e. The highest BCUT2D eigenvalue weighted by atomic mass is 35.5. The Morgan fingerprint density at radius 3 is 2.88 bits per heavy atom. The monoisotopic (exact) mass is 482 g/mol. The van der Waals surface area contributed by atoms with Crippen LogP contribution in [0, 0.1) is 17.1 Å². The van der Waals surface area contributed by atoms with Crippen LogP contribution in [0.5, 0.6) is 0 Å². The molecule has 0 radical (unpaired) electrons. The molecule has 1 unspecified atom stereocenters. The number of rotatable bonds is 2. The number of hydrogen-bond acceptors (Lipinski definition) is 9. The molecular formula is C22H16ClFN6O2S. The van der Waals surface area contributed by atoms with Crippen molar-refractivity contribution in [1.82, 2.24) is 15.0 Å². The molecule has 1 aromatic carbocycles. The van der Waals surface area contributed by atoms with Gasteiger partial charge in [0.25, 0.3) is 0 Å². The number of nitrogens with two attached hydrogens (primary N) is 1. The second-order valence-corrected chi connectivity index (χ2v) is 9.53. The number of aromatic nitrogens is 3. The van der Waals surface area contributed by atoms with Gasteiger partial charge in [0.05, 0.1) is 40.3 Å². The van der Waals surface area contributed by atoms with Crippen LogP contribution in [-0.4, -0.2) is 39.3 Å². The van der Waals surface area contributed by atoms with Crippen LogP contribution in [0.15, 0.2) is 12.4 Å². The van der Waals surface area contributed by atoms with Crippen LogP contribution in [-0.2, 0) is 18.0 Å². The second kappa shape index (κ2) is 7.46. The summed E-state index contributed by atoms with van der Waals surface area (Å²) in [7, 11) is 0. The number of benzene rings is 1. The fourth-order valence-corrected chi connectivity index (χ4v) is 5.79. The molecule has 4 aromatic rings. The Balaban J connectivity index is 1.67. The molecule has 3 N–H and O–H groups in total. The van der Waals surface area contributed by atoms with Gasteiger partial charge in [-0.05, 0) is 17.5 Å². The van der Waals surface area contributed by atoms with E-state index >= 15 is 4.39 Å². The topological polar surface area (TPSA) is 121 Å². The fourth-order valence-electron chi connectivity index (χ4n) is 4.61. The molecule has 1 fully saturated rings. The lowest BCUT2D eigenvalue weighted by atomic mass is 9.94. The van der Waals surface area contributed by atoms with E-state index in [1.165, 1.54) is 17.5 Å². The van der Waals surface area contributed by atoms with Gasteiger partial charge in [0.1, 0.15) is 16.6 Å². The number of aliphatic hydroxyl groups is 1. The highest BCUT2D eigenvalue weighted by Crippen LogP contribution is 2.46. The molecule has 0 saturated carbocycles. The zero-order valence-electron chi connectivity index (χ0n) is 17.1. The summed E-state index contributed by atoms with van der Waals surface area (Å²) in [6, 6.07) is 2.11. The first-order valence-electron chi connectivity index (χ1n) is 10.3. The molecule has 3 aromatic heterocycles. The van der Waals surface area contributed by atoms with Crippen molar-refractivity contribution in [1.29, 1.82) is 5.26 Å². The van der Waals surface area contributed by atoms with Gasteiger partial charge in [-0.2, -0.15) is 5.26 Å². The summed E-state index contributed by atoms with van der Waals surface area (Å²) >= 11 is 7.51. The Hall–Kier alpha value is -3.10. The highest BCUT2D eigenvalue weighted by Gasteiger charge is 2.30. The first kappa shape index (κ1) is 20.5. The Kier molecular flexibility index (Phi) is 4.64. The molecule has 11 heteroatoms. The van der Waals surface area contributed by atoms with Crippen LogP contribution >= 0.6 is 22.9 Å². The van der Waals surface area contributed by atoms with Crippen molar-refractivity contribution in [3.05, 3.63) is 39.9 Å². The Labute approximate surface area is 196 Å². The number of fused-ring (bicyclic) bond motifs is 4. The lowest BCUT2D eigenvalue weighted by Crippen LogP contribution is -2.23. The number of anilines is 2. The summed E-state index contributed by atoms with van der Waals surface area (Å²) in [5.41, 5.74) is 8.40. The highest BCUT2D eigenvalue weighted by molar-refractivity contribution is 7.23. The number of hydrogen-bond donors (Lipinski definition) is 2. The van der Waals surface area contributed by atoms with E-state index < -0.39 is 11.9 Å². The van der Waals surface area contributed by atoms with E-state index in [9.17, 15) is 10.4 Å². The van der Waals surface area contributed by atoms with Crippen LogP contribution in [0.2, 0.25) is 5.02 Å². The number of aliphatic hydroxyl groups excluding tert-OH is 1. The standard InChI is InChI=1S/C22H16ClFN6O2S/c23-14-5-27-19(16-10(3-25)21(26)33-20(14)16)15-13-8-32-7-12(13)11-4-28-22(29-18(11)17(15)24)30-2-1-9(31)6-30/h4-5,9,31H,1-2,6-8,26H2. The van der Waals surface area contributed by atoms with Gasteiger partial charge in [-0.25, -0.2) is 14.4 Å². The maximum atomic E-state index is 16.2. The largest absolute Gasteiger partial charge is 0.391 e. The minimum absolute atomic E-state index is 0.146. The van der Waals surface area contributed by atoms with E-state index in [0.717, 1.165) is 5.56 Å². The average Bonchev–Trinajstić information content (AvgIpc) is 3.53. The van der Waals surface area contributed by atoms with E-state index in [1.54, 1.807) is 6.20 Å². The maximum Gasteiger partial charge on any atom is 0.226 e. The van der Waals surface area contributed by atoms with Crippen LogP contribution in [0.3, 0.4) is 0 Å². The molecule has 0 aliphatic carbocycles. The third kappa shape index (κ3) is 2.97. The van der Waals surface area contributed by atoms with E-state index in [4.69, 9.17) is 22.1 Å². The Morgan fingerprint density at radius 1 is 1.30 bits per heavy atom. The third-order valence-corrected chi connectivity index (χ3v) is 7.63. The van der Waals surface area contributed by atoms with Crippen molar-refractivity contribution in [2.45, 2.75) is 25.7 Å². The van der Waals surface area contributed by atoms with Crippen LogP contribution < -0.4 is 10.6 Å². The summed E-state index contributed by atoms with van der Waals surface area (Å²) in [5.74, 6) is -0.211. The number of ether oxygens (including phenoxy) is 1. The number of nitriles is 1. The van der Waals surface area contributed by atoms with E-state index in [1.807, 2.05) is 4.90 Å². The molecule has 0 spiro atoms. The minimum Gasteiger partial charge on any atom is -0.391 e. The molecule has 8 nitrogen and oxygen atoms in total. The Morgan fingerprint density at radius 2 is 2.12 bits per heavy atom. The number of nitrogens with zero attached hydrogens (tertiary/aromatic N) is 5. The summed E-state index contributed by atoms with van der Waals surface area (Å²) in [6.45, 7) is 1.48. The van der Waals surface area contributed by atoms with Gasteiger partial charge >= 0.3 is 0 Å². The fraction of sp³-hybridized carbons (Fsp3) is 0.273. The third-order valence-electron chi connectivity index (χ3n) is 6.18. The molecule has 5 heterocycles. The quantitative estimate of drug-likeness (QED) is 0.443. The maximum absolute atomic E-state index is 16.2. The predicted octanol–water partition coefficient (Wildman–Crippen LogP) is 3.75. The van der Waals surface area contributed by atoms with Crippen molar-refractivity contribution in [2.24, 2.45) is 0 Å². The van der Waals surface area contributed by atoms with Gasteiger partial charge in [0, 0.05) is 41.8 Å². The van der Waals surface area contributed by atoms with Crippen LogP contribution in [0.1, 0.15) is 23.1 Å². The molecular weight excluding hydrogens is 467 g/mol. The van der Waals surface area contributed by atoms with Gasteiger partial charge < -0.3 is 20.5 Å². The van der Waals surface area contributed by atoms with Gasteiger partial charge in [-0.1, -0.05) is 11.6 Å². The zero-order chi connectivity index (χ0) is 22.9. The molecule has 1 saturated heterocycles. The zero-order valence-corrected chi connectivity index (χ0v) is 18.7. The number of β-amino-alcohol motifs (C(OH)–C–C–N with tert-alkyl or cyclic N) is 1. The molecule has 1 atom stereocenters. The molecule has 0 bridgehead atoms. The molecule has 166 valence electrons. The summed E-state index contributed by atoms with van der Waals surface area (Å²) in [6.07, 6.45) is 3.20. The van der Waals surface area contributed by atoms with Gasteiger partial charge in [0.15, 0.2) is 5.82 Å². The average molecular weight is 483 g/mol. The number of halogens is 2. The molecule has 2 aliphatic heterocycles. The van der Waals surface area contributed by atoms with Crippen LogP contribution in [0.4, 0.5) is 15.3 Å². The minimum atomic E-state index is -0.567. The number of pyridine rings is 1. The molecule has 0 amide bonds. The van der Waals surface area contributed by atoms with E-state index in [0.29, 0.717) is 56.5 Å². The van der Waals surface area contributed by atoms with Crippen LogP contribution in [0.25, 0.3) is 32.2 Å². The Bertz CT molecular complexity index is 1520. The molecule has 33 heavy (non-hydrogen) atoms. The van der Waals surface area contributed by atoms with Crippen molar-refractivity contribution >= 4 is 54.9 Å². The van der Waals surface area contributed by atoms with E-state index in [2.05, 4.69) is 21.0 Å². The first-order valence-corrected chi connectivity index (χ1v) is 11.4. The van der Waals surface area contributed by atoms with Crippen molar-refractivity contribution in [2.75, 3.05) is 23.7 Å². The molecule has 6 rings (SSSR count). The summed E-state index contributed by atoms with van der Waals surface area (Å²) < 4.78 is 22.5. The van der Waals surface area contributed by atoms with Crippen molar-refractivity contribution < 1.29 is 14.2 Å². The van der Waals surface area contributed by atoms with Crippen molar-refractivity contribution in [3.63, 3.8) is 0 Å². The number of nitrogen functional groups attached to an aromatic ring is 1. The second-order valence-electron chi connectivity index (χ2n) is 8.07.